The van der Waals surface area contributed by atoms with Crippen LogP contribution in [0.25, 0.3) is 6.08 Å². The molecular formula is C25H27BrN2O. The number of nitrogens with zero attached hydrogens (tertiary/aromatic N) is 1. The topological polar surface area (TPSA) is 41.5 Å². The molecule has 0 bridgehead atoms. The number of hydrogen-bond donors (Lipinski definition) is 1. The summed E-state index contributed by atoms with van der Waals surface area (Å²) in [7, 11) is 0. The number of hydrogen-bond acceptors (Lipinski definition) is 3. The number of rotatable bonds is 2. The first-order chi connectivity index (χ1) is 13.7. The maximum absolute atomic E-state index is 13.3. The van der Waals surface area contributed by atoms with Gasteiger partial charge in [0.05, 0.1) is 23.3 Å². The number of benzene rings is 2. The van der Waals surface area contributed by atoms with Gasteiger partial charge in [-0.2, -0.15) is 0 Å². The van der Waals surface area contributed by atoms with Crippen LogP contribution in [0, 0.1) is 25.2 Å². The number of halogens is 1. The Hall–Kier alpha value is -2.20. The van der Waals surface area contributed by atoms with E-state index in [-0.39, 0.29) is 23.2 Å². The quantitative estimate of drug-likeness (QED) is 0.558. The maximum Gasteiger partial charge on any atom is 0.144 e. The predicted octanol–water partition coefficient (Wildman–Crippen LogP) is 6.61. The molecule has 2 aromatic carbocycles. The Morgan fingerprint density at radius 2 is 1.83 bits per heavy atom. The fraction of sp³-hybridized carbons (Fsp3) is 0.360. The maximum atomic E-state index is 13.3. The predicted molar refractivity (Wildman–Crippen MR) is 125 cm³/mol. The van der Waals surface area contributed by atoms with Gasteiger partial charge in [0.25, 0.3) is 0 Å². The zero-order valence-electron chi connectivity index (χ0n) is 17.4. The Morgan fingerprint density at radius 3 is 2.55 bits per heavy atom. The second-order valence-corrected chi connectivity index (χ2v) is 10.00. The van der Waals surface area contributed by atoms with Crippen LogP contribution in [0.4, 0.5) is 11.4 Å². The number of carbonyl (C=O) groups is 1. The fourth-order valence-corrected chi connectivity index (χ4v) is 5.00. The molecule has 1 aliphatic carbocycles. The van der Waals surface area contributed by atoms with Gasteiger partial charge in [-0.1, -0.05) is 60.1 Å². The number of aliphatic imine (C=N–C) groups is 1. The second kappa shape index (κ2) is 7.56. The summed E-state index contributed by atoms with van der Waals surface area (Å²) in [6.45, 7) is 8.54. The molecule has 4 heteroatoms. The number of ketones is 1. The molecule has 2 aromatic rings. The highest BCUT2D eigenvalue weighted by molar-refractivity contribution is 9.11. The summed E-state index contributed by atoms with van der Waals surface area (Å²) in [5.41, 5.74) is 6.39. The van der Waals surface area contributed by atoms with Crippen molar-refractivity contribution in [2.24, 2.45) is 16.3 Å². The van der Waals surface area contributed by atoms with Crippen LogP contribution >= 0.6 is 15.9 Å². The van der Waals surface area contributed by atoms with Gasteiger partial charge in [0.15, 0.2) is 0 Å². The Kier molecular flexibility index (Phi) is 5.24. The van der Waals surface area contributed by atoms with Crippen molar-refractivity contribution in [2.75, 3.05) is 5.32 Å². The standard InChI is InChI=1S/C25H27BrN2O/c1-15-10-19-20(11-16(15)2)28-24(18(26)12-17-8-6-5-7-9-17)23-21(27-19)13-25(3,4)14-22(23)29/h5-12,23-24,28H,13-14H2,1-4H3/b18-12-/t23-,24-/m1/s1. The van der Waals surface area contributed by atoms with Gasteiger partial charge in [0.2, 0.25) is 0 Å². The van der Waals surface area contributed by atoms with Gasteiger partial charge in [-0.15, -0.1) is 0 Å². The number of nitrogens with one attached hydrogen (secondary N) is 1. The third kappa shape index (κ3) is 4.09. The highest BCUT2D eigenvalue weighted by Gasteiger charge is 2.44. The van der Waals surface area contributed by atoms with E-state index >= 15 is 0 Å². The van der Waals surface area contributed by atoms with Crippen molar-refractivity contribution in [3.05, 3.63) is 63.6 Å². The molecule has 0 radical (unpaired) electrons. The molecule has 1 fully saturated rings. The number of aryl methyl sites for hydroxylation is 2. The van der Waals surface area contributed by atoms with E-state index in [1.165, 1.54) is 11.1 Å². The molecule has 0 amide bonds. The van der Waals surface area contributed by atoms with E-state index in [4.69, 9.17) is 4.99 Å². The van der Waals surface area contributed by atoms with Gasteiger partial charge in [0, 0.05) is 16.6 Å². The van der Waals surface area contributed by atoms with Gasteiger partial charge in [-0.25, -0.2) is 0 Å². The number of Topliss-reactive ketones (excluding diaryl/α,β-unsaturated/α-hetero) is 1. The number of anilines is 1. The van der Waals surface area contributed by atoms with E-state index in [1.54, 1.807) is 0 Å². The summed E-state index contributed by atoms with van der Waals surface area (Å²) in [6.07, 6.45) is 3.52. The molecule has 0 spiro atoms. The number of carbonyl (C=O) groups excluding carboxylic acids is 1. The lowest BCUT2D eigenvalue weighted by molar-refractivity contribution is -0.123. The summed E-state index contributed by atoms with van der Waals surface area (Å²) in [5, 5.41) is 3.65. The average Bonchev–Trinajstić information content (AvgIpc) is 2.78. The molecule has 0 unspecified atom stereocenters. The first kappa shape index (κ1) is 20.1. The third-order valence-corrected chi connectivity index (χ3v) is 6.66. The van der Waals surface area contributed by atoms with Crippen molar-refractivity contribution in [1.82, 2.24) is 0 Å². The number of fused-ring (bicyclic) bond motifs is 2. The molecular weight excluding hydrogens is 424 g/mol. The van der Waals surface area contributed by atoms with Gasteiger partial charge in [0.1, 0.15) is 5.78 Å². The van der Waals surface area contributed by atoms with Crippen molar-refractivity contribution in [2.45, 2.75) is 46.6 Å². The molecule has 29 heavy (non-hydrogen) atoms. The Morgan fingerprint density at radius 1 is 1.14 bits per heavy atom. The van der Waals surface area contributed by atoms with E-state index in [9.17, 15) is 4.79 Å². The van der Waals surface area contributed by atoms with Crippen molar-refractivity contribution >= 4 is 44.9 Å². The summed E-state index contributed by atoms with van der Waals surface area (Å²) in [4.78, 5) is 18.3. The van der Waals surface area contributed by atoms with Crippen LogP contribution < -0.4 is 5.32 Å². The molecule has 0 saturated heterocycles. The van der Waals surface area contributed by atoms with Crippen LogP contribution in [0.2, 0.25) is 0 Å². The summed E-state index contributed by atoms with van der Waals surface area (Å²) >= 11 is 3.81. The molecule has 1 heterocycles. The smallest absolute Gasteiger partial charge is 0.144 e. The average molecular weight is 451 g/mol. The van der Waals surface area contributed by atoms with Gasteiger partial charge in [-0.3, -0.25) is 9.79 Å². The van der Waals surface area contributed by atoms with E-state index < -0.39 is 0 Å². The van der Waals surface area contributed by atoms with Crippen molar-refractivity contribution in [1.29, 1.82) is 0 Å². The zero-order chi connectivity index (χ0) is 20.8. The lowest BCUT2D eigenvalue weighted by atomic mass is 9.69. The van der Waals surface area contributed by atoms with Crippen LogP contribution in [-0.2, 0) is 4.79 Å². The van der Waals surface area contributed by atoms with Crippen molar-refractivity contribution in [3.63, 3.8) is 0 Å². The monoisotopic (exact) mass is 450 g/mol. The molecule has 1 N–H and O–H groups in total. The normalized spacial score (nSPS) is 23.4. The molecule has 1 aliphatic heterocycles. The minimum absolute atomic E-state index is 0.0587. The van der Waals surface area contributed by atoms with Crippen LogP contribution in [-0.4, -0.2) is 17.5 Å². The van der Waals surface area contributed by atoms with Crippen molar-refractivity contribution < 1.29 is 4.79 Å². The van der Waals surface area contributed by atoms with Crippen LogP contribution in [0.15, 0.2) is 51.9 Å². The molecule has 150 valence electrons. The first-order valence-electron chi connectivity index (χ1n) is 10.1. The fourth-order valence-electron chi connectivity index (χ4n) is 4.36. The molecule has 4 rings (SSSR count). The van der Waals surface area contributed by atoms with E-state index in [0.29, 0.717) is 6.42 Å². The lowest BCUT2D eigenvalue weighted by Gasteiger charge is -2.37. The van der Waals surface area contributed by atoms with Crippen molar-refractivity contribution in [3.8, 4) is 0 Å². The highest BCUT2D eigenvalue weighted by atomic mass is 79.9. The molecule has 2 aliphatic rings. The summed E-state index contributed by atoms with van der Waals surface area (Å²) in [6, 6.07) is 14.3. The van der Waals surface area contributed by atoms with Crippen LogP contribution in [0.3, 0.4) is 0 Å². The van der Waals surface area contributed by atoms with Gasteiger partial charge < -0.3 is 5.32 Å². The lowest BCUT2D eigenvalue weighted by Crippen LogP contribution is -2.46. The minimum Gasteiger partial charge on any atom is -0.375 e. The Balaban J connectivity index is 1.84. The largest absolute Gasteiger partial charge is 0.375 e. The van der Waals surface area contributed by atoms with E-state index in [2.05, 4.69) is 79.3 Å². The van der Waals surface area contributed by atoms with E-state index in [0.717, 1.165) is 33.6 Å². The SMILES string of the molecule is Cc1cc2c(cc1C)N[C@H](/C(Br)=C/c1ccccc1)[C@H]1C(=O)CC(C)(C)CC1=N2. The minimum atomic E-state index is -0.259. The first-order valence-corrected chi connectivity index (χ1v) is 10.9. The van der Waals surface area contributed by atoms with Crippen LogP contribution in [0.5, 0.6) is 0 Å². The highest BCUT2D eigenvalue weighted by Crippen LogP contribution is 2.43. The molecule has 3 nitrogen and oxygen atoms in total. The molecule has 1 saturated carbocycles. The second-order valence-electron chi connectivity index (χ2n) is 9.08. The van der Waals surface area contributed by atoms with Gasteiger partial charge in [-0.05, 0) is 60.6 Å². The third-order valence-electron chi connectivity index (χ3n) is 5.94. The molecule has 2 atom stereocenters. The molecule has 0 aromatic heterocycles. The summed E-state index contributed by atoms with van der Waals surface area (Å²) < 4.78 is 0.973. The Bertz CT molecular complexity index is 1020. The zero-order valence-corrected chi connectivity index (χ0v) is 19.0. The van der Waals surface area contributed by atoms with E-state index in [1.807, 2.05) is 18.2 Å². The Labute approximate surface area is 181 Å². The van der Waals surface area contributed by atoms with Crippen LogP contribution in [0.1, 0.15) is 43.4 Å². The van der Waals surface area contributed by atoms with Gasteiger partial charge >= 0.3 is 0 Å². The summed E-state index contributed by atoms with van der Waals surface area (Å²) in [5.74, 6) is 0.00235.